The number of para-hydroxylation sites is 3. The van der Waals surface area contributed by atoms with Gasteiger partial charge in [0.2, 0.25) is 0 Å². The Bertz CT molecular complexity index is 977. The highest BCUT2D eigenvalue weighted by atomic mass is 16.5. The van der Waals surface area contributed by atoms with Crippen LogP contribution in [0.25, 0.3) is 0 Å². The molecule has 0 heterocycles. The van der Waals surface area contributed by atoms with Crippen molar-refractivity contribution in [2.75, 3.05) is 18.5 Å². The molecule has 0 saturated carbocycles. The van der Waals surface area contributed by atoms with Gasteiger partial charge in [-0.05, 0) is 47.6 Å². The number of carbonyl (C=O) groups is 1. The summed E-state index contributed by atoms with van der Waals surface area (Å²) >= 11 is 0. The van der Waals surface area contributed by atoms with Crippen LogP contribution in [-0.2, 0) is 16.6 Å². The lowest BCUT2D eigenvalue weighted by Crippen LogP contribution is -2.22. The van der Waals surface area contributed by atoms with Crippen molar-refractivity contribution in [3.63, 3.8) is 0 Å². The van der Waals surface area contributed by atoms with Crippen molar-refractivity contribution in [1.82, 2.24) is 0 Å². The summed E-state index contributed by atoms with van der Waals surface area (Å²) in [6.45, 7) is 6.90. The molecule has 0 bridgehead atoms. The van der Waals surface area contributed by atoms with Gasteiger partial charge >= 0.3 is 0 Å². The molecule has 0 aliphatic heterocycles. The van der Waals surface area contributed by atoms with Crippen molar-refractivity contribution in [2.45, 2.75) is 39.0 Å². The van der Waals surface area contributed by atoms with Gasteiger partial charge in [0.15, 0.2) is 6.61 Å². The van der Waals surface area contributed by atoms with E-state index in [0.29, 0.717) is 18.0 Å². The van der Waals surface area contributed by atoms with Crippen LogP contribution in [0.2, 0.25) is 0 Å². The number of carbonyl (C=O) groups excluding carboxylic acids is 1. The van der Waals surface area contributed by atoms with Gasteiger partial charge in [0.05, 0.1) is 12.3 Å². The lowest BCUT2D eigenvalue weighted by atomic mass is 9.86. The smallest absolute Gasteiger partial charge is 0.262 e. The van der Waals surface area contributed by atoms with Gasteiger partial charge in [-0.2, -0.15) is 0 Å². The maximum atomic E-state index is 12.5. The molecule has 0 radical (unpaired) electrons. The minimum absolute atomic E-state index is 0.0601. The molecule has 1 amide bonds. The maximum absolute atomic E-state index is 12.5. The average Bonchev–Trinajstić information content (AvgIpc) is 2.76. The van der Waals surface area contributed by atoms with Crippen LogP contribution < -0.4 is 14.8 Å². The highest BCUT2D eigenvalue weighted by Crippen LogP contribution is 2.31. The maximum Gasteiger partial charge on any atom is 0.262 e. The first-order chi connectivity index (χ1) is 14.9. The van der Waals surface area contributed by atoms with Crippen LogP contribution >= 0.6 is 0 Å². The first-order valence-electron chi connectivity index (χ1n) is 10.7. The summed E-state index contributed by atoms with van der Waals surface area (Å²) in [5.74, 6) is 1.18. The Balaban J connectivity index is 1.53. The van der Waals surface area contributed by atoms with E-state index in [9.17, 15) is 4.79 Å². The molecule has 0 aromatic heterocycles. The Morgan fingerprint density at radius 2 is 1.45 bits per heavy atom. The lowest BCUT2D eigenvalue weighted by molar-refractivity contribution is -0.118. The van der Waals surface area contributed by atoms with E-state index in [1.807, 2.05) is 66.7 Å². The van der Waals surface area contributed by atoms with Crippen LogP contribution in [0.4, 0.5) is 5.69 Å². The van der Waals surface area contributed by atoms with Crippen molar-refractivity contribution < 1.29 is 14.3 Å². The summed E-state index contributed by atoms with van der Waals surface area (Å²) in [6, 6.07) is 25.7. The normalized spacial score (nSPS) is 11.1. The number of hydrogen-bond acceptors (Lipinski definition) is 3. The zero-order chi connectivity index (χ0) is 22.1. The summed E-state index contributed by atoms with van der Waals surface area (Å²) in [7, 11) is 0. The Morgan fingerprint density at radius 3 is 2.19 bits per heavy atom. The van der Waals surface area contributed by atoms with Crippen molar-refractivity contribution in [3.05, 3.63) is 90.0 Å². The molecule has 0 aliphatic rings. The van der Waals surface area contributed by atoms with Crippen LogP contribution in [-0.4, -0.2) is 19.1 Å². The van der Waals surface area contributed by atoms with E-state index in [-0.39, 0.29) is 17.9 Å². The number of nitrogens with one attached hydrogen (secondary N) is 1. The Morgan fingerprint density at radius 1 is 0.806 bits per heavy atom. The third kappa shape index (κ3) is 6.88. The largest absolute Gasteiger partial charge is 0.491 e. The SMILES string of the molecule is CC(C)(C)c1ccccc1OCC(=O)Nc1ccccc1OCCCc1ccccc1. The Kier molecular flexibility index (Phi) is 7.71. The first kappa shape index (κ1) is 22.4. The van der Waals surface area contributed by atoms with Gasteiger partial charge in [-0.25, -0.2) is 0 Å². The van der Waals surface area contributed by atoms with Gasteiger partial charge in [0, 0.05) is 0 Å². The Labute approximate surface area is 185 Å². The second kappa shape index (κ2) is 10.7. The summed E-state index contributed by atoms with van der Waals surface area (Å²) in [4.78, 5) is 12.5. The number of aryl methyl sites for hydroxylation is 1. The Hall–Kier alpha value is -3.27. The summed E-state index contributed by atoms with van der Waals surface area (Å²) in [5.41, 5.74) is 2.96. The van der Waals surface area contributed by atoms with Gasteiger partial charge in [-0.3, -0.25) is 4.79 Å². The minimum atomic E-state index is -0.218. The monoisotopic (exact) mass is 417 g/mol. The van der Waals surface area contributed by atoms with Gasteiger partial charge in [0.1, 0.15) is 11.5 Å². The number of anilines is 1. The number of amides is 1. The molecule has 0 fully saturated rings. The molecule has 0 unspecified atom stereocenters. The molecule has 0 spiro atoms. The molecule has 0 aliphatic carbocycles. The molecule has 162 valence electrons. The van der Waals surface area contributed by atoms with Crippen LogP contribution in [0.5, 0.6) is 11.5 Å². The number of hydrogen-bond donors (Lipinski definition) is 1. The van der Waals surface area contributed by atoms with Crippen molar-refractivity contribution in [1.29, 1.82) is 0 Å². The standard InChI is InChI=1S/C27H31NO3/c1-27(2,3)22-15-7-9-17-24(22)31-20-26(29)28-23-16-8-10-18-25(23)30-19-11-14-21-12-5-4-6-13-21/h4-10,12-13,15-18H,11,14,19-20H2,1-3H3,(H,28,29). The second-order valence-electron chi connectivity index (χ2n) is 8.52. The van der Waals surface area contributed by atoms with Crippen LogP contribution in [0.1, 0.15) is 38.3 Å². The number of ether oxygens (including phenoxy) is 2. The van der Waals surface area contributed by atoms with E-state index in [4.69, 9.17) is 9.47 Å². The number of rotatable bonds is 9. The summed E-state index contributed by atoms with van der Waals surface area (Å²) in [6.07, 6.45) is 1.86. The zero-order valence-electron chi connectivity index (χ0n) is 18.6. The van der Waals surface area contributed by atoms with E-state index >= 15 is 0 Å². The van der Waals surface area contributed by atoms with Crippen LogP contribution in [0.3, 0.4) is 0 Å². The highest BCUT2D eigenvalue weighted by molar-refractivity contribution is 5.93. The third-order valence-corrected chi connectivity index (χ3v) is 4.93. The molecular weight excluding hydrogens is 386 g/mol. The van der Waals surface area contributed by atoms with E-state index in [1.165, 1.54) is 5.56 Å². The lowest BCUT2D eigenvalue weighted by Gasteiger charge is -2.22. The molecule has 4 heteroatoms. The van der Waals surface area contributed by atoms with E-state index in [1.54, 1.807) is 0 Å². The molecule has 1 N–H and O–H groups in total. The minimum Gasteiger partial charge on any atom is -0.491 e. The second-order valence-corrected chi connectivity index (χ2v) is 8.52. The van der Waals surface area contributed by atoms with Crippen LogP contribution in [0.15, 0.2) is 78.9 Å². The highest BCUT2D eigenvalue weighted by Gasteiger charge is 2.19. The molecule has 0 atom stereocenters. The predicted octanol–water partition coefficient (Wildman–Crippen LogP) is 6.01. The topological polar surface area (TPSA) is 47.6 Å². The number of benzene rings is 3. The van der Waals surface area contributed by atoms with E-state index in [0.717, 1.165) is 24.2 Å². The van der Waals surface area contributed by atoms with Crippen LogP contribution in [0, 0.1) is 0 Å². The van der Waals surface area contributed by atoms with Gasteiger partial charge in [-0.1, -0.05) is 81.4 Å². The van der Waals surface area contributed by atoms with Crippen molar-refractivity contribution in [3.8, 4) is 11.5 Å². The summed E-state index contributed by atoms with van der Waals surface area (Å²) < 4.78 is 11.8. The molecule has 0 saturated heterocycles. The summed E-state index contributed by atoms with van der Waals surface area (Å²) in [5, 5.41) is 2.91. The molecular formula is C27H31NO3. The fourth-order valence-electron chi connectivity index (χ4n) is 3.34. The van der Waals surface area contributed by atoms with Gasteiger partial charge in [0.25, 0.3) is 5.91 Å². The molecule has 3 rings (SSSR count). The molecule has 3 aromatic carbocycles. The predicted molar refractivity (Wildman–Crippen MR) is 126 cm³/mol. The molecule has 3 aromatic rings. The van der Waals surface area contributed by atoms with Gasteiger partial charge < -0.3 is 14.8 Å². The zero-order valence-corrected chi connectivity index (χ0v) is 18.6. The first-order valence-corrected chi connectivity index (χ1v) is 10.7. The van der Waals surface area contributed by atoms with Crippen molar-refractivity contribution >= 4 is 11.6 Å². The fraction of sp³-hybridized carbons (Fsp3) is 0.296. The van der Waals surface area contributed by atoms with Gasteiger partial charge in [-0.15, -0.1) is 0 Å². The van der Waals surface area contributed by atoms with E-state index < -0.39 is 0 Å². The quantitative estimate of drug-likeness (QED) is 0.434. The van der Waals surface area contributed by atoms with Crippen molar-refractivity contribution in [2.24, 2.45) is 0 Å². The fourth-order valence-corrected chi connectivity index (χ4v) is 3.34. The average molecular weight is 418 g/mol. The van der Waals surface area contributed by atoms with E-state index in [2.05, 4.69) is 38.2 Å². The third-order valence-electron chi connectivity index (χ3n) is 4.93. The molecule has 31 heavy (non-hydrogen) atoms. The molecule has 4 nitrogen and oxygen atoms in total.